The lowest BCUT2D eigenvalue weighted by Gasteiger charge is -2.09. The highest BCUT2D eigenvalue weighted by Crippen LogP contribution is 2.39. The van der Waals surface area contributed by atoms with Gasteiger partial charge in [-0.25, -0.2) is 4.98 Å². The minimum Gasteiger partial charge on any atom is -0.454 e. The number of nitrogens with one attached hydrogen (secondary N) is 1. The van der Waals surface area contributed by atoms with Crippen molar-refractivity contribution in [3.63, 3.8) is 0 Å². The van der Waals surface area contributed by atoms with Crippen LogP contribution < -0.4 is 14.8 Å². The zero-order chi connectivity index (χ0) is 13.2. The molecule has 4 nitrogen and oxygen atoms in total. The van der Waals surface area contributed by atoms with E-state index >= 15 is 0 Å². The third kappa shape index (κ3) is 2.55. The second-order valence-corrected chi connectivity index (χ2v) is 4.77. The molecule has 1 N–H and O–H groups in total. The minimum absolute atomic E-state index is 0.209. The number of aromatic nitrogens is 1. The largest absolute Gasteiger partial charge is 0.454 e. The molecule has 0 fully saturated rings. The van der Waals surface area contributed by atoms with E-state index in [4.69, 9.17) is 32.7 Å². The van der Waals surface area contributed by atoms with Crippen LogP contribution in [0.1, 0.15) is 5.56 Å². The summed E-state index contributed by atoms with van der Waals surface area (Å²) in [5.41, 5.74) is 1.76. The molecule has 2 heterocycles. The fourth-order valence-corrected chi connectivity index (χ4v) is 2.31. The molecule has 1 aromatic carbocycles. The van der Waals surface area contributed by atoms with Gasteiger partial charge in [-0.3, -0.25) is 0 Å². The Kier molecular flexibility index (Phi) is 3.36. The Morgan fingerprint density at radius 3 is 3.00 bits per heavy atom. The number of nitrogens with zero attached hydrogens (tertiary/aromatic N) is 1. The van der Waals surface area contributed by atoms with Gasteiger partial charge >= 0.3 is 0 Å². The molecule has 0 amide bonds. The topological polar surface area (TPSA) is 43.4 Å². The second-order valence-electron chi connectivity index (χ2n) is 4.01. The molecular formula is C13H10Cl2N2O2. The minimum atomic E-state index is 0.209. The second kappa shape index (κ2) is 5.15. The average Bonchev–Trinajstić information content (AvgIpc) is 2.87. The Bertz CT molecular complexity index is 620. The third-order valence-electron chi connectivity index (χ3n) is 2.73. The molecule has 0 spiro atoms. The molecule has 0 aliphatic carbocycles. The Hall–Kier alpha value is -1.65. The maximum Gasteiger partial charge on any atom is 0.231 e. The number of fused-ring (bicyclic) bond motifs is 1. The highest BCUT2D eigenvalue weighted by molar-refractivity contribution is 6.32. The van der Waals surface area contributed by atoms with Crippen molar-refractivity contribution in [3.05, 3.63) is 46.2 Å². The van der Waals surface area contributed by atoms with Crippen molar-refractivity contribution >= 4 is 28.9 Å². The number of anilines is 1. The Morgan fingerprint density at radius 1 is 1.26 bits per heavy atom. The van der Waals surface area contributed by atoms with Crippen molar-refractivity contribution in [2.24, 2.45) is 0 Å². The van der Waals surface area contributed by atoms with Crippen LogP contribution in [0.25, 0.3) is 0 Å². The van der Waals surface area contributed by atoms with E-state index in [1.54, 1.807) is 6.20 Å². The number of hydrogen-bond donors (Lipinski definition) is 1. The molecule has 3 rings (SSSR count). The van der Waals surface area contributed by atoms with Crippen molar-refractivity contribution in [1.82, 2.24) is 4.98 Å². The molecule has 0 saturated carbocycles. The van der Waals surface area contributed by atoms with E-state index in [2.05, 4.69) is 10.3 Å². The van der Waals surface area contributed by atoms with Gasteiger partial charge < -0.3 is 14.8 Å². The zero-order valence-corrected chi connectivity index (χ0v) is 11.3. The van der Waals surface area contributed by atoms with Crippen LogP contribution in [-0.2, 0) is 6.54 Å². The maximum atomic E-state index is 6.12. The molecule has 1 aliphatic rings. The summed E-state index contributed by atoms with van der Waals surface area (Å²) in [7, 11) is 0. The van der Waals surface area contributed by atoms with Crippen LogP contribution in [0, 0.1) is 0 Å². The van der Waals surface area contributed by atoms with Crippen LogP contribution in [0.3, 0.4) is 0 Å². The number of halogens is 2. The summed E-state index contributed by atoms with van der Waals surface area (Å²) < 4.78 is 10.6. The van der Waals surface area contributed by atoms with Gasteiger partial charge in [-0.2, -0.15) is 0 Å². The van der Waals surface area contributed by atoms with Crippen LogP contribution in [0.5, 0.6) is 11.5 Å². The summed E-state index contributed by atoms with van der Waals surface area (Å²) in [5.74, 6) is 1.27. The summed E-state index contributed by atoms with van der Waals surface area (Å²) in [6.07, 6.45) is 1.64. The van der Waals surface area contributed by atoms with Gasteiger partial charge in [0.15, 0.2) is 16.7 Å². The monoisotopic (exact) mass is 296 g/mol. The molecule has 1 aromatic heterocycles. The van der Waals surface area contributed by atoms with E-state index < -0.39 is 0 Å². The highest BCUT2D eigenvalue weighted by Gasteiger charge is 2.18. The van der Waals surface area contributed by atoms with E-state index in [9.17, 15) is 0 Å². The summed E-state index contributed by atoms with van der Waals surface area (Å²) in [6.45, 7) is 0.780. The number of hydrogen-bond acceptors (Lipinski definition) is 4. The van der Waals surface area contributed by atoms with Gasteiger partial charge in [0.05, 0.1) is 10.7 Å². The Balaban J connectivity index is 1.78. The molecule has 6 heteroatoms. The van der Waals surface area contributed by atoms with Gasteiger partial charge in [0.1, 0.15) is 0 Å². The van der Waals surface area contributed by atoms with Crippen molar-refractivity contribution in [2.45, 2.75) is 6.54 Å². The van der Waals surface area contributed by atoms with Gasteiger partial charge in [0.25, 0.3) is 0 Å². The van der Waals surface area contributed by atoms with Gasteiger partial charge in [-0.1, -0.05) is 23.2 Å². The fourth-order valence-electron chi connectivity index (χ4n) is 1.84. The van der Waals surface area contributed by atoms with E-state index in [1.807, 2.05) is 24.3 Å². The third-order valence-corrected chi connectivity index (χ3v) is 3.31. The van der Waals surface area contributed by atoms with Crippen molar-refractivity contribution in [3.8, 4) is 11.5 Å². The molecule has 0 atom stereocenters. The smallest absolute Gasteiger partial charge is 0.231 e. The van der Waals surface area contributed by atoms with Crippen molar-refractivity contribution in [2.75, 3.05) is 12.1 Å². The molecule has 98 valence electrons. The molecule has 0 unspecified atom stereocenters. The normalized spacial score (nSPS) is 12.5. The van der Waals surface area contributed by atoms with E-state index in [-0.39, 0.29) is 6.79 Å². The summed E-state index contributed by atoms with van der Waals surface area (Å²) in [6, 6.07) is 7.42. The fraction of sp³-hybridized carbons (Fsp3) is 0.154. The molecule has 0 bridgehead atoms. The molecular weight excluding hydrogens is 287 g/mol. The summed E-state index contributed by atoms with van der Waals surface area (Å²) in [5, 5.41) is 4.18. The lowest BCUT2D eigenvalue weighted by atomic mass is 10.2. The Labute approximate surface area is 120 Å². The molecule has 0 radical (unpaired) electrons. The molecule has 2 aromatic rings. The quantitative estimate of drug-likeness (QED) is 0.877. The summed E-state index contributed by atoms with van der Waals surface area (Å²) >= 11 is 12.1. The number of benzene rings is 1. The van der Waals surface area contributed by atoms with Crippen LogP contribution in [-0.4, -0.2) is 11.8 Å². The van der Waals surface area contributed by atoms with Crippen molar-refractivity contribution in [1.29, 1.82) is 0 Å². The van der Waals surface area contributed by atoms with Crippen LogP contribution >= 0.6 is 23.2 Å². The maximum absolute atomic E-state index is 6.12. The first-order valence-electron chi connectivity index (χ1n) is 5.66. The zero-order valence-electron chi connectivity index (χ0n) is 9.82. The Morgan fingerprint density at radius 2 is 2.16 bits per heavy atom. The first-order chi connectivity index (χ1) is 9.24. The van der Waals surface area contributed by atoms with E-state index in [0.29, 0.717) is 28.2 Å². The van der Waals surface area contributed by atoms with Gasteiger partial charge in [0, 0.05) is 12.7 Å². The first-order valence-corrected chi connectivity index (χ1v) is 6.42. The predicted molar refractivity (Wildman–Crippen MR) is 74.1 cm³/mol. The first kappa shape index (κ1) is 12.4. The lowest BCUT2D eigenvalue weighted by molar-refractivity contribution is 0.174. The van der Waals surface area contributed by atoms with Gasteiger partial charge in [0.2, 0.25) is 6.79 Å². The van der Waals surface area contributed by atoms with Gasteiger partial charge in [-0.15, -0.1) is 0 Å². The lowest BCUT2D eigenvalue weighted by Crippen LogP contribution is -2.00. The van der Waals surface area contributed by atoms with Crippen LogP contribution in [0.4, 0.5) is 5.69 Å². The number of ether oxygens (including phenoxy) is 2. The van der Waals surface area contributed by atoms with Gasteiger partial charge in [-0.05, 0) is 29.8 Å². The standard InChI is InChI=1S/C13H10Cl2N2O2/c14-9-4-8(5-11-12(9)19-7-18-11)6-17-10-2-1-3-16-13(10)15/h1-5,17H,6-7H2. The summed E-state index contributed by atoms with van der Waals surface area (Å²) in [4.78, 5) is 4.00. The number of rotatable bonds is 3. The average molecular weight is 297 g/mol. The highest BCUT2D eigenvalue weighted by atomic mass is 35.5. The van der Waals surface area contributed by atoms with E-state index in [0.717, 1.165) is 11.3 Å². The SMILES string of the molecule is Clc1cc(CNc2cccnc2Cl)cc2c1OCO2. The number of pyridine rings is 1. The molecule has 0 saturated heterocycles. The van der Waals surface area contributed by atoms with Crippen LogP contribution in [0.15, 0.2) is 30.5 Å². The molecule has 1 aliphatic heterocycles. The van der Waals surface area contributed by atoms with Crippen LogP contribution in [0.2, 0.25) is 10.2 Å². The van der Waals surface area contributed by atoms with E-state index in [1.165, 1.54) is 0 Å². The molecule has 19 heavy (non-hydrogen) atoms. The van der Waals surface area contributed by atoms with Crippen molar-refractivity contribution < 1.29 is 9.47 Å². The predicted octanol–water partition coefficient (Wildman–Crippen LogP) is 3.73.